The van der Waals surface area contributed by atoms with Crippen LogP contribution in [0.2, 0.25) is 0 Å². The highest BCUT2D eigenvalue weighted by Crippen LogP contribution is 2.39. The van der Waals surface area contributed by atoms with Gasteiger partial charge in [-0.3, -0.25) is 19.3 Å². The number of fused-ring (bicyclic) bond motifs is 2. The number of rotatable bonds is 6. The van der Waals surface area contributed by atoms with Crippen LogP contribution in [-0.2, 0) is 32.8 Å². The monoisotopic (exact) mass is 419 g/mol. The summed E-state index contributed by atoms with van der Waals surface area (Å²) >= 11 is 0. The molecule has 2 aromatic rings. The molecule has 0 saturated carbocycles. The van der Waals surface area contributed by atoms with E-state index in [4.69, 9.17) is 0 Å². The third-order valence-corrected chi connectivity index (χ3v) is 6.06. The third-order valence-electron chi connectivity index (χ3n) is 6.06. The van der Waals surface area contributed by atoms with Crippen molar-refractivity contribution in [1.29, 1.82) is 0 Å². The summed E-state index contributed by atoms with van der Waals surface area (Å²) in [5.41, 5.74) is 1.63. The summed E-state index contributed by atoms with van der Waals surface area (Å²) in [6.07, 6.45) is 2.46. The number of nitrogens with one attached hydrogen (secondary N) is 2. The summed E-state index contributed by atoms with van der Waals surface area (Å²) in [6.45, 7) is 0.989. The molecule has 2 N–H and O–H groups in total. The molecule has 2 atom stereocenters. The summed E-state index contributed by atoms with van der Waals surface area (Å²) in [7, 11) is 0. The Kier molecular flexibility index (Phi) is 5.59. The Balaban J connectivity index is 1.48. The molecule has 31 heavy (non-hydrogen) atoms. The van der Waals surface area contributed by atoms with Gasteiger partial charge in [-0.1, -0.05) is 54.6 Å². The zero-order valence-corrected chi connectivity index (χ0v) is 17.4. The number of imide groups is 1. The van der Waals surface area contributed by atoms with E-state index >= 15 is 0 Å². The van der Waals surface area contributed by atoms with Crippen LogP contribution >= 0.6 is 0 Å². The van der Waals surface area contributed by atoms with Crippen LogP contribution in [0.15, 0.2) is 54.6 Å². The van der Waals surface area contributed by atoms with E-state index < -0.39 is 36.0 Å². The largest absolute Gasteiger partial charge is 0.344 e. The van der Waals surface area contributed by atoms with Crippen molar-refractivity contribution in [3.05, 3.63) is 71.3 Å². The van der Waals surface area contributed by atoms with Gasteiger partial charge in [0.15, 0.2) is 5.78 Å². The fraction of sp³-hybridized carbons (Fsp3) is 0.333. The lowest BCUT2D eigenvalue weighted by atomic mass is 9.76. The molecule has 0 radical (unpaired) electrons. The Bertz CT molecular complexity index is 1040. The molecule has 7 nitrogen and oxygen atoms in total. The number of urea groups is 1. The number of aryl methyl sites for hydroxylation is 1. The fourth-order valence-corrected chi connectivity index (χ4v) is 4.48. The van der Waals surface area contributed by atoms with Crippen LogP contribution in [0.4, 0.5) is 4.79 Å². The van der Waals surface area contributed by atoms with Gasteiger partial charge in [-0.05, 0) is 49.3 Å². The summed E-state index contributed by atoms with van der Waals surface area (Å²) in [5.74, 6) is -1.14. The van der Waals surface area contributed by atoms with Gasteiger partial charge in [0.1, 0.15) is 12.1 Å². The van der Waals surface area contributed by atoms with E-state index in [9.17, 15) is 19.2 Å². The van der Waals surface area contributed by atoms with E-state index in [0.29, 0.717) is 12.8 Å². The third kappa shape index (κ3) is 3.95. The fourth-order valence-electron chi connectivity index (χ4n) is 4.48. The van der Waals surface area contributed by atoms with Gasteiger partial charge in [0.2, 0.25) is 5.91 Å². The lowest BCUT2D eigenvalue weighted by molar-refractivity contribution is -0.136. The van der Waals surface area contributed by atoms with Crippen LogP contribution in [0.5, 0.6) is 0 Å². The molecule has 2 aromatic carbocycles. The Morgan fingerprint density at radius 2 is 1.81 bits per heavy atom. The molecule has 0 aromatic heterocycles. The van der Waals surface area contributed by atoms with Crippen LogP contribution in [0.25, 0.3) is 0 Å². The number of carbonyl (C=O) groups excluding carboxylic acids is 4. The molecule has 1 heterocycles. The number of ketones is 1. The van der Waals surface area contributed by atoms with E-state index in [1.165, 1.54) is 6.92 Å². The maximum Gasteiger partial charge on any atom is 0.325 e. The Hall–Kier alpha value is -3.48. The van der Waals surface area contributed by atoms with Crippen molar-refractivity contribution in [2.75, 3.05) is 6.54 Å². The number of carbonyl (C=O) groups is 4. The number of hydrogen-bond donors (Lipinski definition) is 2. The van der Waals surface area contributed by atoms with Crippen LogP contribution in [-0.4, -0.2) is 41.1 Å². The van der Waals surface area contributed by atoms with Gasteiger partial charge in [-0.2, -0.15) is 0 Å². The predicted octanol–water partition coefficient (Wildman–Crippen LogP) is 2.09. The van der Waals surface area contributed by atoms with Crippen molar-refractivity contribution in [3.63, 3.8) is 0 Å². The highest BCUT2D eigenvalue weighted by molar-refractivity contribution is 6.09. The summed E-state index contributed by atoms with van der Waals surface area (Å²) in [4.78, 5) is 51.6. The van der Waals surface area contributed by atoms with Gasteiger partial charge >= 0.3 is 6.03 Å². The predicted molar refractivity (Wildman–Crippen MR) is 114 cm³/mol. The second kappa shape index (κ2) is 8.34. The lowest BCUT2D eigenvalue weighted by Crippen LogP contribution is -2.49. The summed E-state index contributed by atoms with van der Waals surface area (Å²) in [5, 5.41) is 5.52. The van der Waals surface area contributed by atoms with Crippen LogP contribution in [0.1, 0.15) is 36.5 Å². The number of hydrogen-bond acceptors (Lipinski definition) is 4. The first-order valence-corrected chi connectivity index (χ1v) is 10.5. The number of benzene rings is 2. The molecule has 4 amide bonds. The second-order valence-electron chi connectivity index (χ2n) is 8.16. The molecule has 0 unspecified atom stereocenters. The van der Waals surface area contributed by atoms with E-state index in [1.54, 1.807) is 0 Å². The number of amides is 4. The highest BCUT2D eigenvalue weighted by atomic mass is 16.2. The number of Topliss-reactive ketones (excluding diaryl/α,β-unsaturated/α-hetero) is 1. The van der Waals surface area contributed by atoms with Crippen LogP contribution in [0.3, 0.4) is 0 Å². The zero-order valence-electron chi connectivity index (χ0n) is 17.4. The summed E-state index contributed by atoms with van der Waals surface area (Å²) < 4.78 is 0. The molecule has 160 valence electrons. The summed E-state index contributed by atoms with van der Waals surface area (Å²) in [6, 6.07) is 15.6. The molecule has 1 aliphatic heterocycles. The molecule has 0 bridgehead atoms. The topological polar surface area (TPSA) is 95.6 Å². The van der Waals surface area contributed by atoms with Gasteiger partial charge < -0.3 is 10.6 Å². The minimum absolute atomic E-state index is 0.188. The van der Waals surface area contributed by atoms with Gasteiger partial charge in [-0.25, -0.2) is 4.79 Å². The number of nitrogens with zero attached hydrogens (tertiary/aromatic N) is 1. The van der Waals surface area contributed by atoms with Gasteiger partial charge in [0, 0.05) is 0 Å². The molecule has 1 fully saturated rings. The Morgan fingerprint density at radius 1 is 1.10 bits per heavy atom. The first-order valence-electron chi connectivity index (χ1n) is 10.5. The van der Waals surface area contributed by atoms with Gasteiger partial charge in [0.25, 0.3) is 5.91 Å². The Labute approximate surface area is 180 Å². The first-order chi connectivity index (χ1) is 14.9. The normalized spacial score (nSPS) is 20.9. The minimum Gasteiger partial charge on any atom is -0.344 e. The molecule has 1 saturated heterocycles. The van der Waals surface area contributed by atoms with Crippen molar-refractivity contribution < 1.29 is 19.2 Å². The molecular weight excluding hydrogens is 394 g/mol. The molecule has 2 aliphatic rings. The van der Waals surface area contributed by atoms with Crippen molar-refractivity contribution >= 4 is 23.6 Å². The highest BCUT2D eigenvalue weighted by Gasteiger charge is 2.54. The zero-order chi connectivity index (χ0) is 22.0. The molecule has 7 heteroatoms. The average molecular weight is 419 g/mol. The SMILES string of the molecule is CC(=O)[C@@H](Cc1ccccc1)NC(=O)CN1C(=O)N[C@@]2(CCCc3ccccc32)C1=O. The van der Waals surface area contributed by atoms with Crippen LogP contribution in [0, 0.1) is 0 Å². The van der Waals surface area contributed by atoms with Crippen molar-refractivity contribution in [2.45, 2.75) is 44.2 Å². The quantitative estimate of drug-likeness (QED) is 0.701. The van der Waals surface area contributed by atoms with Gasteiger partial charge in [-0.15, -0.1) is 0 Å². The molecular formula is C24H25N3O4. The minimum atomic E-state index is -1.11. The van der Waals surface area contributed by atoms with E-state index in [2.05, 4.69) is 10.6 Å². The van der Waals surface area contributed by atoms with Gasteiger partial charge in [0.05, 0.1) is 6.04 Å². The molecule has 1 aliphatic carbocycles. The van der Waals surface area contributed by atoms with E-state index in [1.807, 2.05) is 54.6 Å². The first kappa shape index (κ1) is 20.8. The average Bonchev–Trinajstić information content (AvgIpc) is 2.99. The van der Waals surface area contributed by atoms with E-state index in [0.717, 1.165) is 34.4 Å². The second-order valence-corrected chi connectivity index (χ2v) is 8.16. The van der Waals surface area contributed by atoms with E-state index in [-0.39, 0.29) is 5.78 Å². The molecule has 4 rings (SSSR count). The maximum atomic E-state index is 13.3. The maximum absolute atomic E-state index is 13.3. The lowest BCUT2D eigenvalue weighted by Gasteiger charge is -2.33. The smallest absolute Gasteiger partial charge is 0.325 e. The van der Waals surface area contributed by atoms with Crippen LogP contribution < -0.4 is 10.6 Å². The molecule has 1 spiro atoms. The van der Waals surface area contributed by atoms with Crippen molar-refractivity contribution in [2.24, 2.45) is 0 Å². The van der Waals surface area contributed by atoms with Crippen molar-refractivity contribution in [1.82, 2.24) is 15.5 Å². The van der Waals surface area contributed by atoms with Crippen molar-refractivity contribution in [3.8, 4) is 0 Å². The Morgan fingerprint density at radius 3 is 2.55 bits per heavy atom. The standard InChI is InChI=1S/C24H25N3O4/c1-16(28)20(14-17-8-3-2-4-9-17)25-21(29)15-27-22(30)24(26-23(27)31)13-7-11-18-10-5-6-12-19(18)24/h2-6,8-10,12,20H,7,11,13-15H2,1H3,(H,25,29)(H,26,31)/t20-,24-/m1/s1.